The van der Waals surface area contributed by atoms with Crippen LogP contribution < -0.4 is 0 Å². The van der Waals surface area contributed by atoms with Crippen molar-refractivity contribution in [2.45, 2.75) is 31.2 Å². The number of hydrogen-bond acceptors (Lipinski definition) is 1. The number of hydrogen-bond donors (Lipinski definition) is 1. The highest BCUT2D eigenvalue weighted by Crippen LogP contribution is 2.52. The van der Waals surface area contributed by atoms with Crippen molar-refractivity contribution >= 4 is 7.85 Å². The lowest BCUT2D eigenvalue weighted by molar-refractivity contribution is 0.178. The van der Waals surface area contributed by atoms with Gasteiger partial charge >= 0.3 is 0 Å². The summed E-state index contributed by atoms with van der Waals surface area (Å²) in [4.78, 5) is 0. The number of aliphatic hydroxyl groups excluding tert-OH is 1. The quantitative estimate of drug-likeness (QED) is 0.471. The minimum Gasteiger partial charge on any atom is -0.394 e. The normalized spacial score (nSPS) is 29.4. The Labute approximate surface area is 45.1 Å². The van der Waals surface area contributed by atoms with E-state index in [-0.39, 0.29) is 11.4 Å². The van der Waals surface area contributed by atoms with Crippen molar-refractivity contribution in [2.75, 3.05) is 0 Å². The Morgan fingerprint density at radius 3 is 2.14 bits per heavy atom. The van der Waals surface area contributed by atoms with Crippen molar-refractivity contribution in [1.29, 1.82) is 0 Å². The van der Waals surface area contributed by atoms with E-state index in [1.807, 2.05) is 0 Å². The molecule has 2 heteroatoms. The summed E-state index contributed by atoms with van der Waals surface area (Å²) in [6.45, 7) is 1.74. The Morgan fingerprint density at radius 1 is 1.71 bits per heavy atom. The van der Waals surface area contributed by atoms with Crippen LogP contribution in [0.3, 0.4) is 0 Å². The van der Waals surface area contributed by atoms with E-state index in [2.05, 4.69) is 0 Å². The van der Waals surface area contributed by atoms with E-state index in [9.17, 15) is 0 Å². The van der Waals surface area contributed by atoms with E-state index in [0.717, 1.165) is 12.8 Å². The molecule has 0 heterocycles. The predicted molar refractivity (Wildman–Crippen MR) is 29.4 cm³/mol. The maximum Gasteiger partial charge on any atom is 0.0781 e. The first-order chi connectivity index (χ1) is 3.15. The van der Waals surface area contributed by atoms with Crippen LogP contribution in [0.15, 0.2) is 0 Å². The van der Waals surface area contributed by atoms with Crippen LogP contribution in [0.4, 0.5) is 0 Å². The molecule has 0 aliphatic heterocycles. The van der Waals surface area contributed by atoms with E-state index in [1.54, 1.807) is 6.92 Å². The first-order valence-corrected chi connectivity index (χ1v) is 2.62. The molecule has 1 nitrogen and oxygen atoms in total. The van der Waals surface area contributed by atoms with Gasteiger partial charge in [0.25, 0.3) is 0 Å². The van der Waals surface area contributed by atoms with Crippen LogP contribution >= 0.6 is 0 Å². The van der Waals surface area contributed by atoms with Crippen LogP contribution in [0.1, 0.15) is 19.8 Å². The van der Waals surface area contributed by atoms with Crippen molar-refractivity contribution < 1.29 is 5.11 Å². The van der Waals surface area contributed by atoms with Gasteiger partial charge in [0.2, 0.25) is 0 Å². The highest BCUT2D eigenvalue weighted by molar-refractivity contribution is 6.17. The standard InChI is InChI=1S/C5H9BO/c1-4(7)5(6)2-3-5/h4,7H,2-3H2,1H3/t4-/m1/s1. The van der Waals surface area contributed by atoms with Gasteiger partial charge in [-0.15, -0.1) is 0 Å². The lowest BCUT2D eigenvalue weighted by atomic mass is 9.79. The fourth-order valence-corrected chi connectivity index (χ4v) is 0.562. The fourth-order valence-electron chi connectivity index (χ4n) is 0.562. The summed E-state index contributed by atoms with van der Waals surface area (Å²) < 4.78 is 0. The van der Waals surface area contributed by atoms with E-state index >= 15 is 0 Å². The largest absolute Gasteiger partial charge is 0.394 e. The van der Waals surface area contributed by atoms with E-state index in [1.165, 1.54) is 0 Å². The highest BCUT2D eigenvalue weighted by Gasteiger charge is 2.40. The smallest absolute Gasteiger partial charge is 0.0781 e. The maximum absolute atomic E-state index is 8.83. The molecule has 0 unspecified atom stereocenters. The number of aliphatic hydroxyl groups is 1. The van der Waals surface area contributed by atoms with E-state index in [0.29, 0.717) is 0 Å². The van der Waals surface area contributed by atoms with E-state index < -0.39 is 0 Å². The summed E-state index contributed by atoms with van der Waals surface area (Å²) in [5, 5.41) is 8.63. The van der Waals surface area contributed by atoms with Gasteiger partial charge in [0.1, 0.15) is 0 Å². The maximum atomic E-state index is 8.83. The lowest BCUT2D eigenvalue weighted by Crippen LogP contribution is -2.10. The van der Waals surface area contributed by atoms with Crippen LogP contribution in [0, 0.1) is 0 Å². The third-order valence-electron chi connectivity index (χ3n) is 1.66. The molecule has 1 aliphatic rings. The van der Waals surface area contributed by atoms with Gasteiger partial charge in [-0.3, -0.25) is 0 Å². The third-order valence-corrected chi connectivity index (χ3v) is 1.66. The van der Waals surface area contributed by atoms with Gasteiger partial charge in [0, 0.05) is 6.10 Å². The lowest BCUT2D eigenvalue weighted by Gasteiger charge is -2.09. The first kappa shape index (κ1) is 5.17. The monoisotopic (exact) mass is 96.1 g/mol. The molecule has 0 amide bonds. The molecule has 0 saturated heterocycles. The molecule has 1 N–H and O–H groups in total. The Hall–Kier alpha value is 0.0249. The van der Waals surface area contributed by atoms with Crippen molar-refractivity contribution in [3.8, 4) is 0 Å². The molecule has 0 aromatic rings. The average molecular weight is 95.9 g/mol. The molecule has 1 atom stereocenters. The van der Waals surface area contributed by atoms with Gasteiger partial charge in [-0.2, -0.15) is 0 Å². The van der Waals surface area contributed by atoms with E-state index in [4.69, 9.17) is 13.0 Å². The van der Waals surface area contributed by atoms with Crippen molar-refractivity contribution in [1.82, 2.24) is 0 Å². The summed E-state index contributed by atoms with van der Waals surface area (Å²) in [5.41, 5.74) is 0. The second-order valence-corrected chi connectivity index (χ2v) is 2.41. The molecular weight excluding hydrogens is 86.9 g/mol. The average Bonchev–Trinajstić information content (AvgIpc) is 2.21. The predicted octanol–water partition coefficient (Wildman–Crippen LogP) is 0.488. The summed E-state index contributed by atoms with van der Waals surface area (Å²) in [7, 11) is 5.54. The third kappa shape index (κ3) is 0.803. The second-order valence-electron chi connectivity index (χ2n) is 2.41. The van der Waals surface area contributed by atoms with Crippen molar-refractivity contribution in [2.24, 2.45) is 0 Å². The van der Waals surface area contributed by atoms with Crippen molar-refractivity contribution in [3.05, 3.63) is 0 Å². The minimum atomic E-state index is -0.313. The SMILES string of the molecule is [B]C1([C@@H](C)O)CC1. The van der Waals surface area contributed by atoms with Gasteiger partial charge in [0.15, 0.2) is 0 Å². The Morgan fingerprint density at radius 2 is 2.14 bits per heavy atom. The van der Waals surface area contributed by atoms with Gasteiger partial charge in [-0.1, -0.05) is 12.8 Å². The molecule has 38 valence electrons. The number of rotatable bonds is 1. The molecular formula is C5H9BO. The summed E-state index contributed by atoms with van der Waals surface area (Å²) in [5.74, 6) is 0. The minimum absolute atomic E-state index is 0.194. The molecule has 0 spiro atoms. The van der Waals surface area contributed by atoms with Crippen LogP contribution in [-0.4, -0.2) is 19.1 Å². The molecule has 1 rings (SSSR count). The molecule has 0 aromatic heterocycles. The van der Waals surface area contributed by atoms with Gasteiger partial charge < -0.3 is 5.11 Å². The Bertz CT molecular complexity index is 76.1. The summed E-state index contributed by atoms with van der Waals surface area (Å²) in [6.07, 6.45) is 1.67. The Kier molecular flexibility index (Phi) is 0.924. The zero-order valence-corrected chi connectivity index (χ0v) is 4.52. The molecule has 1 fully saturated rings. The molecule has 1 aliphatic carbocycles. The van der Waals surface area contributed by atoms with Crippen LogP contribution in [0.2, 0.25) is 5.31 Å². The zero-order chi connectivity index (χ0) is 5.49. The molecule has 2 radical (unpaired) electrons. The van der Waals surface area contributed by atoms with Crippen molar-refractivity contribution in [3.63, 3.8) is 0 Å². The van der Waals surface area contributed by atoms with Crippen LogP contribution in [0.5, 0.6) is 0 Å². The molecule has 0 aromatic carbocycles. The van der Waals surface area contributed by atoms with Gasteiger partial charge in [0.05, 0.1) is 7.85 Å². The van der Waals surface area contributed by atoms with Crippen LogP contribution in [0.25, 0.3) is 0 Å². The first-order valence-electron chi connectivity index (χ1n) is 2.62. The fraction of sp³-hybridized carbons (Fsp3) is 1.00. The Balaban J connectivity index is 2.39. The molecule has 0 bridgehead atoms. The molecule has 7 heavy (non-hydrogen) atoms. The summed E-state index contributed by atoms with van der Waals surface area (Å²) >= 11 is 0. The highest BCUT2D eigenvalue weighted by atomic mass is 16.3. The van der Waals surface area contributed by atoms with Gasteiger partial charge in [-0.05, 0) is 12.2 Å². The van der Waals surface area contributed by atoms with Gasteiger partial charge in [-0.25, -0.2) is 0 Å². The second kappa shape index (κ2) is 1.25. The van der Waals surface area contributed by atoms with Crippen LogP contribution in [-0.2, 0) is 0 Å². The molecule has 1 saturated carbocycles. The topological polar surface area (TPSA) is 20.2 Å². The summed E-state index contributed by atoms with van der Waals surface area (Å²) in [6, 6.07) is 0. The zero-order valence-electron chi connectivity index (χ0n) is 4.52.